The standard InChI is InChI=1S/C17H21BrClNO4S/c1-17(2,3)24-16(22)20-9-11(8-13(20)15(21)23-4)25-14-6-5-10(18)7-12(14)19/h5-7,11,13H,8-9H2,1-4H3/t11-,13+/m1/s1. The summed E-state index contributed by atoms with van der Waals surface area (Å²) >= 11 is 11.2. The molecule has 0 unspecified atom stereocenters. The molecule has 138 valence electrons. The Morgan fingerprint density at radius 1 is 1.36 bits per heavy atom. The van der Waals surface area contributed by atoms with Gasteiger partial charge in [-0.3, -0.25) is 4.90 Å². The van der Waals surface area contributed by atoms with Crippen molar-refractivity contribution in [3.63, 3.8) is 0 Å². The lowest BCUT2D eigenvalue weighted by Gasteiger charge is -2.27. The largest absolute Gasteiger partial charge is 0.467 e. The van der Waals surface area contributed by atoms with Crippen LogP contribution in [0.5, 0.6) is 0 Å². The fourth-order valence-electron chi connectivity index (χ4n) is 2.51. The van der Waals surface area contributed by atoms with E-state index in [1.54, 1.807) is 32.5 Å². The van der Waals surface area contributed by atoms with Gasteiger partial charge in [0.15, 0.2) is 0 Å². The molecule has 25 heavy (non-hydrogen) atoms. The number of esters is 1. The molecule has 0 saturated carbocycles. The molecule has 2 atom stereocenters. The highest BCUT2D eigenvalue weighted by atomic mass is 79.9. The van der Waals surface area contributed by atoms with Gasteiger partial charge in [0.05, 0.1) is 12.1 Å². The third kappa shape index (κ3) is 5.53. The molecule has 0 aromatic heterocycles. The van der Waals surface area contributed by atoms with E-state index in [1.165, 1.54) is 12.0 Å². The van der Waals surface area contributed by atoms with Crippen LogP contribution in [0.15, 0.2) is 27.6 Å². The highest BCUT2D eigenvalue weighted by Gasteiger charge is 2.42. The van der Waals surface area contributed by atoms with Crippen LogP contribution in [0.25, 0.3) is 0 Å². The number of methoxy groups -OCH3 is 1. The Kier molecular flexibility index (Phi) is 6.68. The van der Waals surface area contributed by atoms with Crippen molar-refractivity contribution in [2.24, 2.45) is 0 Å². The number of amides is 1. The number of ether oxygens (including phenoxy) is 2. The monoisotopic (exact) mass is 449 g/mol. The minimum atomic E-state index is -0.647. The maximum absolute atomic E-state index is 12.5. The number of carbonyl (C=O) groups excluding carboxylic acids is 2. The zero-order chi connectivity index (χ0) is 18.8. The summed E-state index contributed by atoms with van der Waals surface area (Å²) in [5, 5.41) is 0.653. The molecule has 0 radical (unpaired) electrons. The van der Waals surface area contributed by atoms with Crippen molar-refractivity contribution in [3.8, 4) is 0 Å². The van der Waals surface area contributed by atoms with Gasteiger partial charge in [-0.25, -0.2) is 9.59 Å². The molecular formula is C17H21BrClNO4S. The summed E-state index contributed by atoms with van der Waals surface area (Å²) in [5.41, 5.74) is -0.627. The van der Waals surface area contributed by atoms with Gasteiger partial charge in [-0.1, -0.05) is 27.5 Å². The topological polar surface area (TPSA) is 55.8 Å². The molecular weight excluding hydrogens is 430 g/mol. The molecule has 1 fully saturated rings. The summed E-state index contributed by atoms with van der Waals surface area (Å²) < 4.78 is 11.2. The molecule has 2 rings (SSSR count). The number of nitrogens with zero attached hydrogens (tertiary/aromatic N) is 1. The van der Waals surface area contributed by atoms with Crippen LogP contribution >= 0.6 is 39.3 Å². The fourth-order valence-corrected chi connectivity index (χ4v) is 4.51. The number of thioether (sulfide) groups is 1. The first-order valence-corrected chi connectivity index (χ1v) is 9.85. The van der Waals surface area contributed by atoms with Crippen LogP contribution in [0.4, 0.5) is 4.79 Å². The Hall–Kier alpha value is -0.920. The van der Waals surface area contributed by atoms with E-state index in [2.05, 4.69) is 15.9 Å². The van der Waals surface area contributed by atoms with Gasteiger partial charge >= 0.3 is 12.1 Å². The molecule has 0 aliphatic carbocycles. The lowest BCUT2D eigenvalue weighted by molar-refractivity contribution is -0.145. The summed E-state index contributed by atoms with van der Waals surface area (Å²) in [7, 11) is 1.32. The van der Waals surface area contributed by atoms with Crippen molar-refractivity contribution in [1.29, 1.82) is 0 Å². The van der Waals surface area contributed by atoms with Crippen LogP contribution in [0.3, 0.4) is 0 Å². The molecule has 0 spiro atoms. The third-order valence-corrected chi connectivity index (χ3v) is 5.75. The minimum Gasteiger partial charge on any atom is -0.467 e. The quantitative estimate of drug-likeness (QED) is 0.622. The van der Waals surface area contributed by atoms with Crippen LogP contribution in [0, 0.1) is 0 Å². The molecule has 1 saturated heterocycles. The fraction of sp³-hybridized carbons (Fsp3) is 0.529. The van der Waals surface area contributed by atoms with Gasteiger partial charge in [-0.05, 0) is 45.4 Å². The van der Waals surface area contributed by atoms with Crippen molar-refractivity contribution < 1.29 is 19.1 Å². The summed E-state index contributed by atoms with van der Waals surface area (Å²) in [6.45, 7) is 5.78. The van der Waals surface area contributed by atoms with Crippen molar-refractivity contribution in [1.82, 2.24) is 4.90 Å². The van der Waals surface area contributed by atoms with Crippen LogP contribution in [0.1, 0.15) is 27.2 Å². The molecule has 1 aromatic carbocycles. The van der Waals surface area contributed by atoms with E-state index in [1.807, 2.05) is 18.2 Å². The molecule has 1 aliphatic heterocycles. The Morgan fingerprint density at radius 3 is 2.60 bits per heavy atom. The molecule has 1 amide bonds. The van der Waals surface area contributed by atoms with E-state index in [0.717, 1.165) is 9.37 Å². The molecule has 0 bridgehead atoms. The normalized spacial score (nSPS) is 20.5. The Labute approximate surface area is 165 Å². The predicted octanol–water partition coefficient (Wildman–Crippen LogP) is 4.75. The van der Waals surface area contributed by atoms with Crippen LogP contribution < -0.4 is 0 Å². The zero-order valence-electron chi connectivity index (χ0n) is 14.5. The summed E-state index contributed by atoms with van der Waals surface area (Å²) in [6, 6.07) is 5.00. The molecule has 0 N–H and O–H groups in total. The van der Waals surface area contributed by atoms with Gasteiger partial charge in [-0.2, -0.15) is 0 Å². The minimum absolute atomic E-state index is 0.0234. The molecule has 1 aliphatic rings. The SMILES string of the molecule is COC(=O)[C@@H]1C[C@@H](Sc2ccc(Br)cc2Cl)CN1C(=O)OC(C)(C)C. The third-order valence-electron chi connectivity index (χ3n) is 3.55. The van der Waals surface area contributed by atoms with E-state index >= 15 is 0 Å². The second kappa shape index (κ2) is 8.18. The van der Waals surface area contributed by atoms with Gasteiger partial charge in [0, 0.05) is 21.2 Å². The summed E-state index contributed by atoms with van der Waals surface area (Å²) in [5.74, 6) is -0.434. The van der Waals surface area contributed by atoms with E-state index in [0.29, 0.717) is 18.0 Å². The maximum Gasteiger partial charge on any atom is 0.411 e. The van der Waals surface area contributed by atoms with E-state index in [-0.39, 0.29) is 5.25 Å². The number of carbonyl (C=O) groups is 2. The summed E-state index contributed by atoms with van der Waals surface area (Å²) in [4.78, 5) is 26.9. The highest BCUT2D eigenvalue weighted by Crippen LogP contribution is 2.38. The number of halogens is 2. The first kappa shape index (κ1) is 20.4. The number of hydrogen-bond donors (Lipinski definition) is 0. The lowest BCUT2D eigenvalue weighted by Crippen LogP contribution is -2.43. The molecule has 8 heteroatoms. The molecule has 1 heterocycles. The predicted molar refractivity (Wildman–Crippen MR) is 102 cm³/mol. The maximum atomic E-state index is 12.5. The smallest absolute Gasteiger partial charge is 0.411 e. The van der Waals surface area contributed by atoms with E-state index in [9.17, 15) is 9.59 Å². The van der Waals surface area contributed by atoms with Crippen molar-refractivity contribution in [3.05, 3.63) is 27.7 Å². The Balaban J connectivity index is 2.14. The van der Waals surface area contributed by atoms with Crippen LogP contribution in [0.2, 0.25) is 5.02 Å². The molecule has 5 nitrogen and oxygen atoms in total. The van der Waals surface area contributed by atoms with Gasteiger partial charge in [0.25, 0.3) is 0 Å². The lowest BCUT2D eigenvalue weighted by atomic mass is 10.2. The number of likely N-dealkylation sites (tertiary alicyclic amines) is 1. The second-order valence-electron chi connectivity index (χ2n) is 6.72. The number of hydrogen-bond acceptors (Lipinski definition) is 5. The zero-order valence-corrected chi connectivity index (χ0v) is 17.7. The average Bonchev–Trinajstić information content (AvgIpc) is 2.92. The first-order chi connectivity index (χ1) is 11.6. The van der Waals surface area contributed by atoms with Crippen molar-refractivity contribution in [2.45, 2.75) is 49.0 Å². The van der Waals surface area contributed by atoms with E-state index in [4.69, 9.17) is 21.1 Å². The van der Waals surface area contributed by atoms with E-state index < -0.39 is 23.7 Å². The molecule has 1 aromatic rings. The average molecular weight is 451 g/mol. The van der Waals surface area contributed by atoms with Gasteiger partial charge < -0.3 is 9.47 Å². The number of benzene rings is 1. The first-order valence-electron chi connectivity index (χ1n) is 7.80. The Morgan fingerprint density at radius 2 is 2.04 bits per heavy atom. The Bertz CT molecular complexity index is 665. The van der Waals surface area contributed by atoms with Crippen LogP contribution in [-0.4, -0.2) is 47.5 Å². The van der Waals surface area contributed by atoms with Crippen LogP contribution in [-0.2, 0) is 14.3 Å². The number of rotatable bonds is 3. The van der Waals surface area contributed by atoms with Gasteiger partial charge in [-0.15, -0.1) is 11.8 Å². The summed E-state index contributed by atoms with van der Waals surface area (Å²) in [6.07, 6.45) is -0.0175. The highest BCUT2D eigenvalue weighted by molar-refractivity contribution is 9.10. The van der Waals surface area contributed by atoms with Gasteiger partial charge in [0.2, 0.25) is 0 Å². The van der Waals surface area contributed by atoms with Crippen molar-refractivity contribution >= 4 is 51.4 Å². The van der Waals surface area contributed by atoms with Gasteiger partial charge in [0.1, 0.15) is 11.6 Å². The second-order valence-corrected chi connectivity index (χ2v) is 9.39. The van der Waals surface area contributed by atoms with Crippen molar-refractivity contribution in [2.75, 3.05) is 13.7 Å².